The lowest BCUT2D eigenvalue weighted by Crippen LogP contribution is -2.39. The summed E-state index contributed by atoms with van der Waals surface area (Å²) < 4.78 is 52.2. The third-order valence-corrected chi connectivity index (χ3v) is 5.22. The summed E-state index contributed by atoms with van der Waals surface area (Å²) in [4.78, 5) is 13.1. The molecule has 0 saturated carbocycles. The second-order valence-corrected chi connectivity index (χ2v) is 7.75. The summed E-state index contributed by atoms with van der Waals surface area (Å²) in [5.41, 5.74) is 1.50. The van der Waals surface area contributed by atoms with Gasteiger partial charge in [0.05, 0.1) is 17.7 Å². The van der Waals surface area contributed by atoms with E-state index in [-0.39, 0.29) is 28.7 Å². The maximum atomic E-state index is 12.3. The molecule has 1 heterocycles. The Morgan fingerprint density at radius 2 is 1.87 bits per heavy atom. The van der Waals surface area contributed by atoms with Gasteiger partial charge in [0, 0.05) is 31.6 Å². The maximum Gasteiger partial charge on any atom is 0.573 e. The van der Waals surface area contributed by atoms with Gasteiger partial charge < -0.3 is 14.2 Å². The van der Waals surface area contributed by atoms with Crippen LogP contribution in [0, 0.1) is 0 Å². The number of benzene rings is 2. The summed E-state index contributed by atoms with van der Waals surface area (Å²) in [5.74, 6) is 0.193. The van der Waals surface area contributed by atoms with Gasteiger partial charge in [-0.2, -0.15) is 0 Å². The Morgan fingerprint density at radius 1 is 1.16 bits per heavy atom. The van der Waals surface area contributed by atoms with Crippen LogP contribution in [0.5, 0.6) is 11.5 Å². The topological polar surface area (TPSA) is 48.0 Å². The summed E-state index contributed by atoms with van der Waals surface area (Å²) in [6, 6.07) is 11.1. The molecule has 0 amide bonds. The van der Waals surface area contributed by atoms with Gasteiger partial charge in [-0.05, 0) is 41.4 Å². The fraction of sp³-hybridized carbons (Fsp3) is 0.381. The van der Waals surface area contributed by atoms with Crippen LogP contribution < -0.4 is 9.47 Å². The van der Waals surface area contributed by atoms with E-state index >= 15 is 0 Å². The first-order valence-electron chi connectivity index (χ1n) is 9.49. The smallest absolute Gasteiger partial charge is 0.489 e. The van der Waals surface area contributed by atoms with Crippen molar-refractivity contribution in [3.63, 3.8) is 0 Å². The molecule has 10 heteroatoms. The number of halogens is 5. The molecule has 1 unspecified atom stereocenters. The number of ether oxygens (including phenoxy) is 3. The van der Waals surface area contributed by atoms with Crippen molar-refractivity contribution in [2.24, 2.45) is 0 Å². The fourth-order valence-corrected chi connectivity index (χ4v) is 3.44. The monoisotopic (exact) mass is 477 g/mol. The number of carbonyl (C=O) groups excluding carboxylic acids is 1. The van der Waals surface area contributed by atoms with E-state index in [0.29, 0.717) is 37.4 Å². The summed E-state index contributed by atoms with van der Waals surface area (Å²) in [6.07, 6.45) is -4.60. The van der Waals surface area contributed by atoms with Gasteiger partial charge in [-0.3, -0.25) is 9.69 Å². The SMILES string of the molecule is O=C(Cl)CCN1CCOC(c2ccc(OCc3ccc(OC(F)(F)F)cc3Cl)cc2)C1. The van der Waals surface area contributed by atoms with E-state index < -0.39 is 6.36 Å². The Balaban J connectivity index is 1.54. The summed E-state index contributed by atoms with van der Waals surface area (Å²) >= 11 is 11.4. The van der Waals surface area contributed by atoms with Crippen molar-refractivity contribution in [3.05, 3.63) is 58.6 Å². The quantitative estimate of drug-likeness (QED) is 0.479. The standard InChI is InChI=1S/C21H20Cl2F3NO4/c22-18-11-17(31-21(24,25)26)6-3-15(18)13-30-16-4-1-14(2-5-16)19-12-27(9-10-29-19)8-7-20(23)28/h1-6,11,19H,7-10,12-13H2. The van der Waals surface area contributed by atoms with Crippen molar-refractivity contribution < 1.29 is 32.2 Å². The first-order valence-corrected chi connectivity index (χ1v) is 10.2. The van der Waals surface area contributed by atoms with Crippen LogP contribution in [-0.4, -0.2) is 42.7 Å². The molecular formula is C21H20Cl2F3NO4. The number of morpholine rings is 1. The van der Waals surface area contributed by atoms with Crippen LogP contribution in [0.2, 0.25) is 5.02 Å². The van der Waals surface area contributed by atoms with Gasteiger partial charge in [-0.25, -0.2) is 0 Å². The summed E-state index contributed by atoms with van der Waals surface area (Å²) in [7, 11) is 0. The number of hydrogen-bond acceptors (Lipinski definition) is 5. The Labute approximate surface area is 187 Å². The number of hydrogen-bond donors (Lipinski definition) is 0. The van der Waals surface area contributed by atoms with Crippen LogP contribution in [0.15, 0.2) is 42.5 Å². The lowest BCUT2D eigenvalue weighted by atomic mass is 10.1. The summed E-state index contributed by atoms with van der Waals surface area (Å²) in [5, 5.41) is -0.239. The molecule has 0 bridgehead atoms. The number of rotatable bonds is 8. The molecule has 5 nitrogen and oxygen atoms in total. The van der Waals surface area contributed by atoms with Crippen molar-refractivity contribution in [3.8, 4) is 11.5 Å². The molecule has 2 aromatic carbocycles. The van der Waals surface area contributed by atoms with E-state index in [2.05, 4.69) is 9.64 Å². The van der Waals surface area contributed by atoms with Gasteiger partial charge in [-0.1, -0.05) is 29.8 Å². The van der Waals surface area contributed by atoms with E-state index in [0.717, 1.165) is 18.2 Å². The van der Waals surface area contributed by atoms with Crippen LogP contribution >= 0.6 is 23.2 Å². The molecule has 1 fully saturated rings. The van der Waals surface area contributed by atoms with E-state index in [9.17, 15) is 18.0 Å². The van der Waals surface area contributed by atoms with E-state index in [1.807, 2.05) is 12.1 Å². The van der Waals surface area contributed by atoms with E-state index in [1.54, 1.807) is 12.1 Å². The Morgan fingerprint density at radius 3 is 2.52 bits per heavy atom. The minimum Gasteiger partial charge on any atom is -0.489 e. The predicted molar refractivity (Wildman–Crippen MR) is 110 cm³/mol. The minimum absolute atomic E-state index is 0.0879. The molecule has 168 valence electrons. The third-order valence-electron chi connectivity index (χ3n) is 4.68. The molecule has 0 spiro atoms. The lowest BCUT2D eigenvalue weighted by Gasteiger charge is -2.32. The van der Waals surface area contributed by atoms with Crippen molar-refractivity contribution in [1.82, 2.24) is 4.90 Å². The molecule has 1 atom stereocenters. The molecule has 1 saturated heterocycles. The molecule has 1 aliphatic heterocycles. The zero-order chi connectivity index (χ0) is 22.4. The predicted octanol–water partition coefficient (Wildman–Crippen LogP) is 5.35. The first-order chi connectivity index (χ1) is 14.7. The van der Waals surface area contributed by atoms with Gasteiger partial charge >= 0.3 is 6.36 Å². The fourth-order valence-electron chi connectivity index (χ4n) is 3.14. The first kappa shape index (κ1) is 23.7. The normalized spacial score (nSPS) is 17.4. The second-order valence-electron chi connectivity index (χ2n) is 6.92. The Bertz CT molecular complexity index is 893. The van der Waals surface area contributed by atoms with Crippen LogP contribution in [-0.2, 0) is 16.1 Å². The lowest BCUT2D eigenvalue weighted by molar-refractivity contribution is -0.274. The van der Waals surface area contributed by atoms with Crippen molar-refractivity contribution >= 4 is 28.4 Å². The minimum atomic E-state index is -4.77. The highest BCUT2D eigenvalue weighted by Crippen LogP contribution is 2.29. The van der Waals surface area contributed by atoms with E-state index in [1.165, 1.54) is 12.1 Å². The van der Waals surface area contributed by atoms with Crippen molar-refractivity contribution in [2.45, 2.75) is 25.5 Å². The van der Waals surface area contributed by atoms with Gasteiger partial charge in [0.1, 0.15) is 18.1 Å². The van der Waals surface area contributed by atoms with Gasteiger partial charge in [0.25, 0.3) is 0 Å². The van der Waals surface area contributed by atoms with Crippen LogP contribution in [0.4, 0.5) is 13.2 Å². The van der Waals surface area contributed by atoms with Crippen molar-refractivity contribution in [2.75, 3.05) is 26.2 Å². The van der Waals surface area contributed by atoms with Gasteiger partial charge in [0.2, 0.25) is 5.24 Å². The molecule has 0 N–H and O–H groups in total. The average molecular weight is 478 g/mol. The Hall–Kier alpha value is -2.00. The zero-order valence-corrected chi connectivity index (χ0v) is 17.8. The molecule has 1 aliphatic rings. The number of alkyl halides is 3. The molecule has 0 radical (unpaired) electrons. The average Bonchev–Trinajstić information content (AvgIpc) is 2.71. The highest BCUT2D eigenvalue weighted by atomic mass is 35.5. The summed E-state index contributed by atoms with van der Waals surface area (Å²) in [6.45, 7) is 2.65. The second kappa shape index (κ2) is 10.5. The largest absolute Gasteiger partial charge is 0.573 e. The maximum absolute atomic E-state index is 12.3. The highest BCUT2D eigenvalue weighted by Gasteiger charge is 2.31. The van der Waals surface area contributed by atoms with E-state index in [4.69, 9.17) is 32.7 Å². The molecule has 2 aromatic rings. The van der Waals surface area contributed by atoms with Gasteiger partial charge in [0.15, 0.2) is 0 Å². The van der Waals surface area contributed by atoms with Gasteiger partial charge in [-0.15, -0.1) is 13.2 Å². The number of nitrogens with zero attached hydrogens (tertiary/aromatic N) is 1. The van der Waals surface area contributed by atoms with Crippen LogP contribution in [0.25, 0.3) is 0 Å². The van der Waals surface area contributed by atoms with Crippen LogP contribution in [0.3, 0.4) is 0 Å². The van der Waals surface area contributed by atoms with Crippen LogP contribution in [0.1, 0.15) is 23.7 Å². The number of carbonyl (C=O) groups is 1. The molecular weight excluding hydrogens is 458 g/mol. The van der Waals surface area contributed by atoms with Crippen molar-refractivity contribution in [1.29, 1.82) is 0 Å². The highest BCUT2D eigenvalue weighted by molar-refractivity contribution is 6.63. The molecule has 0 aromatic heterocycles. The zero-order valence-electron chi connectivity index (χ0n) is 16.3. The molecule has 3 rings (SSSR count). The Kier molecular flexibility index (Phi) is 8.05. The third kappa shape index (κ3) is 7.57. The molecule has 0 aliphatic carbocycles. The molecule has 31 heavy (non-hydrogen) atoms.